The van der Waals surface area contributed by atoms with Crippen molar-refractivity contribution in [2.24, 2.45) is 0 Å². The molecule has 1 saturated carbocycles. The summed E-state index contributed by atoms with van der Waals surface area (Å²) in [6.45, 7) is 4.49. The van der Waals surface area contributed by atoms with Gasteiger partial charge in [-0.05, 0) is 43.7 Å². The number of Topliss-reactive ketones (excluding diaryl/α,β-unsaturated/α-hetero) is 1. The number of carbonyl (C=O) groups is 1. The number of fused-ring (bicyclic) bond motifs is 2. The Morgan fingerprint density at radius 3 is 2.84 bits per heavy atom. The highest BCUT2D eigenvalue weighted by molar-refractivity contribution is 7.09. The fourth-order valence-corrected chi connectivity index (χ4v) is 6.27. The lowest BCUT2D eigenvalue weighted by Gasteiger charge is -2.34. The van der Waals surface area contributed by atoms with Gasteiger partial charge in [0.15, 0.2) is 5.78 Å². The highest BCUT2D eigenvalue weighted by Crippen LogP contribution is 2.39. The van der Waals surface area contributed by atoms with Gasteiger partial charge in [-0.25, -0.2) is 14.4 Å². The molecule has 1 aliphatic heterocycles. The molecule has 5 aromatic rings. The Balaban J connectivity index is 1.06. The number of ketones is 1. The zero-order valence-electron chi connectivity index (χ0n) is 23.4. The molecule has 2 fully saturated rings. The predicted octanol–water partition coefficient (Wildman–Crippen LogP) is 4.59. The smallest absolute Gasteiger partial charge is 0.228 e. The predicted molar refractivity (Wildman–Crippen MR) is 158 cm³/mol. The third kappa shape index (κ3) is 5.45. The number of hydrogen-bond donors (Lipinski definition) is 0. The van der Waals surface area contributed by atoms with E-state index in [1.54, 1.807) is 42.7 Å². The van der Waals surface area contributed by atoms with Crippen molar-refractivity contribution in [3.05, 3.63) is 93.6 Å². The number of benzene rings is 2. The number of piperazine rings is 1. The monoisotopic (exact) mass is 594 g/mol. The van der Waals surface area contributed by atoms with Crippen LogP contribution in [0.25, 0.3) is 11.0 Å². The lowest BCUT2D eigenvalue weighted by Crippen LogP contribution is -2.46. The number of nitriles is 1. The van der Waals surface area contributed by atoms with E-state index in [0.717, 1.165) is 41.2 Å². The number of thiazole rings is 1. The number of rotatable bonds is 9. The summed E-state index contributed by atoms with van der Waals surface area (Å²) in [5.41, 5.74) is 4.96. The molecule has 7 rings (SSSR count). The molecule has 2 aromatic carbocycles. The van der Waals surface area contributed by atoms with E-state index in [2.05, 4.69) is 29.3 Å². The number of carbonyl (C=O) groups excluding carboxylic acids is 1. The van der Waals surface area contributed by atoms with Crippen molar-refractivity contribution in [1.82, 2.24) is 29.4 Å². The molecule has 2 aliphatic rings. The summed E-state index contributed by atoms with van der Waals surface area (Å²) in [7, 11) is 0. The molecule has 0 radical (unpaired) electrons. The van der Waals surface area contributed by atoms with Crippen LogP contribution < -0.4 is 9.64 Å². The van der Waals surface area contributed by atoms with Crippen LogP contribution in [-0.2, 0) is 19.7 Å². The van der Waals surface area contributed by atoms with Crippen LogP contribution in [0.15, 0.2) is 60.4 Å². The third-order valence-electron chi connectivity index (χ3n) is 8.03. The molecule has 0 unspecified atom stereocenters. The molecule has 2 atom stereocenters. The van der Waals surface area contributed by atoms with E-state index in [-0.39, 0.29) is 24.0 Å². The Kier molecular flexibility index (Phi) is 7.04. The molecule has 0 spiro atoms. The SMILES string of the molecule is CC(=O)c1ccc2nc(CN3CCN(c4nccc(OCc5ccc(C#N)cc5F)n4)[C@H]4C[C@H]43)n(Cc3cncs3)c2c1. The Bertz CT molecular complexity index is 1870. The minimum Gasteiger partial charge on any atom is -0.473 e. The number of halogens is 1. The number of aromatic nitrogens is 5. The Morgan fingerprint density at radius 1 is 1.14 bits per heavy atom. The third-order valence-corrected chi connectivity index (χ3v) is 8.79. The lowest BCUT2D eigenvalue weighted by atomic mass is 10.1. The average Bonchev–Trinajstić information content (AvgIpc) is 3.53. The maximum Gasteiger partial charge on any atom is 0.228 e. The van der Waals surface area contributed by atoms with Gasteiger partial charge >= 0.3 is 0 Å². The van der Waals surface area contributed by atoms with Crippen LogP contribution in [0.4, 0.5) is 10.3 Å². The van der Waals surface area contributed by atoms with Crippen LogP contribution >= 0.6 is 11.3 Å². The summed E-state index contributed by atoms with van der Waals surface area (Å²) in [6, 6.07) is 14.3. The summed E-state index contributed by atoms with van der Waals surface area (Å²) in [5.74, 6) is 1.48. The highest BCUT2D eigenvalue weighted by Gasteiger charge is 2.50. The van der Waals surface area contributed by atoms with Crippen LogP contribution in [0.3, 0.4) is 0 Å². The Labute approximate surface area is 251 Å². The second kappa shape index (κ2) is 11.2. The van der Waals surface area contributed by atoms with E-state index in [1.807, 2.05) is 36.0 Å². The zero-order valence-corrected chi connectivity index (χ0v) is 24.2. The van der Waals surface area contributed by atoms with Crippen molar-refractivity contribution in [1.29, 1.82) is 5.26 Å². The van der Waals surface area contributed by atoms with E-state index in [1.165, 1.54) is 6.07 Å². The molecule has 1 aliphatic carbocycles. The van der Waals surface area contributed by atoms with E-state index in [4.69, 9.17) is 15.0 Å². The minimum atomic E-state index is -0.481. The first kappa shape index (κ1) is 27.1. The van der Waals surface area contributed by atoms with Crippen LogP contribution in [0, 0.1) is 17.1 Å². The second-order valence-corrected chi connectivity index (χ2v) is 11.7. The first-order valence-corrected chi connectivity index (χ1v) is 14.9. The van der Waals surface area contributed by atoms with Crippen molar-refractivity contribution in [3.63, 3.8) is 0 Å². The van der Waals surface area contributed by atoms with Gasteiger partial charge in [-0.3, -0.25) is 14.7 Å². The van der Waals surface area contributed by atoms with Crippen LogP contribution in [0.5, 0.6) is 5.88 Å². The highest BCUT2D eigenvalue weighted by atomic mass is 32.1. The van der Waals surface area contributed by atoms with Crippen molar-refractivity contribution in [3.8, 4) is 11.9 Å². The van der Waals surface area contributed by atoms with Crippen LogP contribution in [0.2, 0.25) is 0 Å². The number of hydrogen-bond acceptors (Lipinski definition) is 10. The van der Waals surface area contributed by atoms with Crippen molar-refractivity contribution in [2.75, 3.05) is 18.0 Å². The van der Waals surface area contributed by atoms with Gasteiger partial charge in [0.1, 0.15) is 18.2 Å². The summed E-state index contributed by atoms with van der Waals surface area (Å²) in [5, 5.41) is 8.96. The zero-order chi connectivity index (χ0) is 29.5. The molecule has 12 heteroatoms. The maximum absolute atomic E-state index is 14.3. The minimum absolute atomic E-state index is 0.00424. The Morgan fingerprint density at radius 2 is 2.05 bits per heavy atom. The quantitative estimate of drug-likeness (QED) is 0.226. The largest absolute Gasteiger partial charge is 0.473 e. The van der Waals surface area contributed by atoms with E-state index in [9.17, 15) is 9.18 Å². The van der Waals surface area contributed by atoms with Gasteiger partial charge in [0.2, 0.25) is 11.8 Å². The summed E-state index contributed by atoms with van der Waals surface area (Å²) >= 11 is 1.61. The number of imidazole rings is 1. The van der Waals surface area contributed by atoms with Gasteiger partial charge in [0, 0.05) is 59.6 Å². The van der Waals surface area contributed by atoms with Gasteiger partial charge in [-0.15, -0.1) is 11.3 Å². The van der Waals surface area contributed by atoms with E-state index < -0.39 is 5.82 Å². The van der Waals surface area contributed by atoms with E-state index >= 15 is 0 Å². The second-order valence-electron chi connectivity index (χ2n) is 10.8. The molecule has 0 bridgehead atoms. The molecule has 0 N–H and O–H groups in total. The molecule has 10 nitrogen and oxygen atoms in total. The molecule has 3 aromatic heterocycles. The van der Waals surface area contributed by atoms with Gasteiger partial charge in [0.25, 0.3) is 0 Å². The van der Waals surface area contributed by atoms with Crippen molar-refractivity contribution < 1.29 is 13.9 Å². The van der Waals surface area contributed by atoms with Gasteiger partial charge in [-0.2, -0.15) is 10.2 Å². The van der Waals surface area contributed by atoms with Crippen LogP contribution in [-0.4, -0.2) is 60.4 Å². The first-order valence-electron chi connectivity index (χ1n) is 14.0. The van der Waals surface area contributed by atoms with Crippen molar-refractivity contribution in [2.45, 2.75) is 45.1 Å². The molecule has 43 heavy (non-hydrogen) atoms. The fourth-order valence-electron chi connectivity index (χ4n) is 5.69. The normalized spacial score (nSPS) is 17.9. The van der Waals surface area contributed by atoms with Gasteiger partial charge in [-0.1, -0.05) is 6.07 Å². The molecule has 0 amide bonds. The topological polar surface area (TPSA) is 113 Å². The number of anilines is 1. The van der Waals surface area contributed by atoms with Crippen LogP contribution in [0.1, 0.15) is 45.5 Å². The summed E-state index contributed by atoms with van der Waals surface area (Å²) in [4.78, 5) is 36.3. The fraction of sp³-hybridized carbons (Fsp3) is 0.290. The standard InChI is InChI=1S/C31H27FN8O2S/c1-19(41)21-4-5-25-26(11-21)40(15-23-14-34-18-43-23)29(36-25)16-38-8-9-39(28-12-27(28)38)31-35-7-6-30(37-31)42-17-22-3-2-20(13-33)10-24(22)32/h2-7,10-11,14,18,27-28H,8-9,12,15-17H2,1H3/t27-,28+/m1/s1. The molecule has 4 heterocycles. The van der Waals surface area contributed by atoms with Crippen molar-refractivity contribution >= 4 is 34.1 Å². The summed E-state index contributed by atoms with van der Waals surface area (Å²) in [6.07, 6.45) is 4.53. The first-order chi connectivity index (χ1) is 21.0. The number of nitrogens with zero attached hydrogens (tertiary/aromatic N) is 8. The van der Waals surface area contributed by atoms with E-state index in [0.29, 0.717) is 42.1 Å². The number of ether oxygens (including phenoxy) is 1. The molecular weight excluding hydrogens is 567 g/mol. The molecule has 1 saturated heterocycles. The molecular formula is C31H27FN8O2S. The lowest BCUT2D eigenvalue weighted by molar-refractivity contribution is 0.101. The summed E-state index contributed by atoms with van der Waals surface area (Å²) < 4.78 is 22.3. The molecule has 216 valence electrons. The van der Waals surface area contributed by atoms with Gasteiger partial charge in [0.05, 0.1) is 41.3 Å². The van der Waals surface area contributed by atoms with Gasteiger partial charge < -0.3 is 14.2 Å². The Hall–Kier alpha value is -4.73. The maximum atomic E-state index is 14.3. The average molecular weight is 595 g/mol.